The molecule has 0 N–H and O–H groups in total. The summed E-state index contributed by atoms with van der Waals surface area (Å²) in [6.07, 6.45) is 1.18. The Bertz CT molecular complexity index is 727. The zero-order valence-electron chi connectivity index (χ0n) is 15.6. The number of carbonyl (C=O) groups is 1. The molecule has 0 aromatic heterocycles. The normalized spacial score (nSPS) is 21.5. The Hall–Kier alpha value is -1.67. The molecule has 146 valence electrons. The monoisotopic (exact) mass is 387 g/mol. The number of hydrogen-bond donors (Lipinski definition) is 0. The lowest BCUT2D eigenvalue weighted by molar-refractivity contribution is 0.0114. The van der Waals surface area contributed by atoms with Crippen molar-refractivity contribution in [3.63, 3.8) is 0 Å². The highest BCUT2D eigenvalue weighted by molar-refractivity contribution is 7.85. The number of ether oxygens (including phenoxy) is 1. The molecule has 0 aliphatic carbocycles. The molecule has 26 heavy (non-hydrogen) atoms. The SMILES string of the molecule is CC(C)(C)OC(=O)N1CC[C@H](c2ccc(F)cc2)[C@H](COS(C)(=O)=O)C1. The van der Waals surface area contributed by atoms with Gasteiger partial charge in [-0.2, -0.15) is 8.42 Å². The summed E-state index contributed by atoms with van der Waals surface area (Å²) in [6.45, 7) is 6.13. The van der Waals surface area contributed by atoms with Gasteiger partial charge in [-0.1, -0.05) is 12.1 Å². The van der Waals surface area contributed by atoms with Crippen LogP contribution in [0.25, 0.3) is 0 Å². The summed E-state index contributed by atoms with van der Waals surface area (Å²) in [4.78, 5) is 13.9. The number of nitrogens with zero attached hydrogens (tertiary/aromatic N) is 1. The molecular formula is C18H26FNO5S. The molecule has 1 saturated heterocycles. The van der Waals surface area contributed by atoms with Crippen molar-refractivity contribution in [2.24, 2.45) is 5.92 Å². The highest BCUT2D eigenvalue weighted by Gasteiger charge is 2.35. The van der Waals surface area contributed by atoms with Crippen LogP contribution in [0.3, 0.4) is 0 Å². The standard InChI is InChI=1S/C18H26FNO5S/c1-18(2,3)25-17(21)20-10-9-16(13-5-7-15(19)8-6-13)14(11-20)12-24-26(4,22)23/h5-8,14,16H,9-12H2,1-4H3/t14-,16+/m0/s1. The van der Waals surface area contributed by atoms with Crippen LogP contribution in [0.4, 0.5) is 9.18 Å². The fourth-order valence-corrected chi connectivity index (χ4v) is 3.48. The third-order valence-corrected chi connectivity index (χ3v) is 4.74. The average molecular weight is 387 g/mol. The van der Waals surface area contributed by atoms with Crippen molar-refractivity contribution in [3.05, 3.63) is 35.6 Å². The minimum Gasteiger partial charge on any atom is -0.444 e. The lowest BCUT2D eigenvalue weighted by Gasteiger charge is -2.39. The Morgan fingerprint density at radius 1 is 1.27 bits per heavy atom. The molecule has 1 aliphatic heterocycles. The number of piperidine rings is 1. The van der Waals surface area contributed by atoms with Gasteiger partial charge >= 0.3 is 6.09 Å². The minimum absolute atomic E-state index is 0.0314. The predicted octanol–water partition coefficient (Wildman–Crippen LogP) is 3.14. The maximum Gasteiger partial charge on any atom is 0.410 e. The Labute approximate surface area is 154 Å². The van der Waals surface area contributed by atoms with Gasteiger partial charge in [0.15, 0.2) is 0 Å². The highest BCUT2D eigenvalue weighted by atomic mass is 32.2. The molecule has 1 aliphatic rings. The maximum absolute atomic E-state index is 13.2. The summed E-state index contributed by atoms with van der Waals surface area (Å²) in [7, 11) is -3.60. The first-order valence-electron chi connectivity index (χ1n) is 8.52. The van der Waals surface area contributed by atoms with Crippen LogP contribution in [0.15, 0.2) is 24.3 Å². The number of benzene rings is 1. The lowest BCUT2D eigenvalue weighted by atomic mass is 9.81. The number of hydrogen-bond acceptors (Lipinski definition) is 5. The zero-order chi connectivity index (χ0) is 19.5. The van der Waals surface area contributed by atoms with Crippen molar-refractivity contribution in [3.8, 4) is 0 Å². The summed E-state index contributed by atoms with van der Waals surface area (Å²) in [5.41, 5.74) is 0.293. The number of amides is 1. The highest BCUT2D eigenvalue weighted by Crippen LogP contribution is 2.34. The molecule has 2 rings (SSSR count). The fraction of sp³-hybridized carbons (Fsp3) is 0.611. The van der Waals surface area contributed by atoms with E-state index in [0.29, 0.717) is 19.5 Å². The molecule has 1 aromatic carbocycles. The Kier molecular flexibility index (Phi) is 6.29. The van der Waals surface area contributed by atoms with Gasteiger partial charge in [-0.15, -0.1) is 0 Å². The first kappa shape index (κ1) is 20.6. The number of rotatable bonds is 4. The smallest absolute Gasteiger partial charge is 0.410 e. The van der Waals surface area contributed by atoms with Crippen LogP contribution in [0.5, 0.6) is 0 Å². The van der Waals surface area contributed by atoms with E-state index < -0.39 is 21.8 Å². The van der Waals surface area contributed by atoms with E-state index in [9.17, 15) is 17.6 Å². The van der Waals surface area contributed by atoms with Crippen molar-refractivity contribution in [1.29, 1.82) is 0 Å². The van der Waals surface area contributed by atoms with E-state index in [1.807, 2.05) is 0 Å². The quantitative estimate of drug-likeness (QED) is 0.742. The largest absolute Gasteiger partial charge is 0.444 e. The van der Waals surface area contributed by atoms with Crippen molar-refractivity contribution in [2.75, 3.05) is 26.0 Å². The summed E-state index contributed by atoms with van der Waals surface area (Å²) in [6, 6.07) is 6.14. The summed E-state index contributed by atoms with van der Waals surface area (Å²) < 4.78 is 46.4. The van der Waals surface area contributed by atoms with Gasteiger partial charge in [0.05, 0.1) is 12.9 Å². The van der Waals surface area contributed by atoms with Gasteiger partial charge in [0, 0.05) is 19.0 Å². The van der Waals surface area contributed by atoms with E-state index in [0.717, 1.165) is 11.8 Å². The zero-order valence-corrected chi connectivity index (χ0v) is 16.4. The van der Waals surface area contributed by atoms with Crippen LogP contribution in [0.2, 0.25) is 0 Å². The molecule has 1 amide bonds. The van der Waals surface area contributed by atoms with Crippen LogP contribution < -0.4 is 0 Å². The van der Waals surface area contributed by atoms with Gasteiger partial charge in [-0.25, -0.2) is 9.18 Å². The van der Waals surface area contributed by atoms with E-state index in [-0.39, 0.29) is 24.3 Å². The first-order valence-corrected chi connectivity index (χ1v) is 10.3. The summed E-state index contributed by atoms with van der Waals surface area (Å²) in [5, 5.41) is 0. The molecule has 0 radical (unpaired) electrons. The molecular weight excluding hydrogens is 361 g/mol. The predicted molar refractivity (Wildman–Crippen MR) is 95.9 cm³/mol. The van der Waals surface area contributed by atoms with E-state index in [4.69, 9.17) is 8.92 Å². The Morgan fingerprint density at radius 3 is 2.42 bits per heavy atom. The molecule has 1 aromatic rings. The van der Waals surface area contributed by atoms with Gasteiger partial charge in [0.1, 0.15) is 11.4 Å². The Morgan fingerprint density at radius 2 is 1.88 bits per heavy atom. The lowest BCUT2D eigenvalue weighted by Crippen LogP contribution is -2.46. The summed E-state index contributed by atoms with van der Waals surface area (Å²) >= 11 is 0. The van der Waals surface area contributed by atoms with Gasteiger partial charge < -0.3 is 9.64 Å². The molecule has 1 fully saturated rings. The molecule has 0 bridgehead atoms. The third-order valence-electron chi connectivity index (χ3n) is 4.18. The van der Waals surface area contributed by atoms with E-state index in [2.05, 4.69) is 0 Å². The molecule has 6 nitrogen and oxygen atoms in total. The van der Waals surface area contributed by atoms with Crippen LogP contribution in [-0.2, 0) is 19.0 Å². The van der Waals surface area contributed by atoms with Crippen LogP contribution in [0.1, 0.15) is 38.7 Å². The van der Waals surface area contributed by atoms with E-state index >= 15 is 0 Å². The molecule has 0 spiro atoms. The second-order valence-corrected chi connectivity index (χ2v) is 9.27. The van der Waals surface area contributed by atoms with Crippen molar-refractivity contribution in [1.82, 2.24) is 4.90 Å². The van der Waals surface area contributed by atoms with E-state index in [1.54, 1.807) is 37.8 Å². The molecule has 2 atom stereocenters. The second kappa shape index (κ2) is 7.92. The number of likely N-dealkylation sites (tertiary alicyclic amines) is 1. The van der Waals surface area contributed by atoms with E-state index in [1.165, 1.54) is 12.1 Å². The second-order valence-electron chi connectivity index (χ2n) is 7.62. The number of carbonyl (C=O) groups excluding carboxylic acids is 1. The van der Waals surface area contributed by atoms with Crippen molar-refractivity contribution < 1.29 is 26.5 Å². The average Bonchev–Trinajstić information content (AvgIpc) is 2.51. The van der Waals surface area contributed by atoms with Gasteiger partial charge in [-0.05, 0) is 50.8 Å². The van der Waals surface area contributed by atoms with Crippen LogP contribution in [0, 0.1) is 11.7 Å². The maximum atomic E-state index is 13.2. The fourth-order valence-electron chi connectivity index (χ4n) is 3.05. The first-order chi connectivity index (χ1) is 11.9. The van der Waals surface area contributed by atoms with Crippen LogP contribution >= 0.6 is 0 Å². The molecule has 1 heterocycles. The van der Waals surface area contributed by atoms with Gasteiger partial charge in [-0.3, -0.25) is 4.18 Å². The third kappa shape index (κ3) is 6.25. The molecule has 0 saturated carbocycles. The van der Waals surface area contributed by atoms with Gasteiger partial charge in [0.2, 0.25) is 0 Å². The minimum atomic E-state index is -3.60. The Balaban J connectivity index is 2.16. The van der Waals surface area contributed by atoms with Gasteiger partial charge in [0.25, 0.3) is 10.1 Å². The summed E-state index contributed by atoms with van der Waals surface area (Å²) in [5.74, 6) is -0.601. The van der Waals surface area contributed by atoms with Crippen molar-refractivity contribution in [2.45, 2.75) is 38.7 Å². The molecule has 8 heteroatoms. The number of halogens is 1. The molecule has 0 unspecified atom stereocenters. The topological polar surface area (TPSA) is 72.9 Å². The van der Waals surface area contributed by atoms with Crippen molar-refractivity contribution >= 4 is 16.2 Å². The van der Waals surface area contributed by atoms with Crippen LogP contribution in [-0.4, -0.2) is 51.0 Å².